The first-order valence-electron chi connectivity index (χ1n) is 6.53. The Morgan fingerprint density at radius 2 is 2.18 bits per heavy atom. The fourth-order valence-corrected chi connectivity index (χ4v) is 2.72. The van der Waals surface area contributed by atoms with Gasteiger partial charge in [0.05, 0.1) is 23.3 Å². The van der Waals surface area contributed by atoms with E-state index in [9.17, 15) is 9.18 Å². The van der Waals surface area contributed by atoms with E-state index in [2.05, 4.69) is 9.97 Å². The molecule has 0 spiro atoms. The minimum Gasteiger partial charge on any atom is -0.492 e. The summed E-state index contributed by atoms with van der Waals surface area (Å²) in [6.45, 7) is 1.87. The van der Waals surface area contributed by atoms with E-state index < -0.39 is 5.82 Å². The number of nitrogens with one attached hydrogen (secondary N) is 1. The lowest BCUT2D eigenvalue weighted by Crippen LogP contribution is -1.97. The second-order valence-corrected chi connectivity index (χ2v) is 5.25. The molecule has 0 fully saturated rings. The van der Waals surface area contributed by atoms with Crippen molar-refractivity contribution in [3.63, 3.8) is 0 Å². The molecule has 0 amide bonds. The number of rotatable bonds is 3. The number of carbonyl (C=O) groups is 1. The summed E-state index contributed by atoms with van der Waals surface area (Å²) in [6, 6.07) is 4.74. The number of hydrogen-bond acceptors (Lipinski definition) is 3. The van der Waals surface area contributed by atoms with Crippen molar-refractivity contribution < 1.29 is 13.9 Å². The highest BCUT2D eigenvalue weighted by Crippen LogP contribution is 2.35. The van der Waals surface area contributed by atoms with E-state index in [1.54, 1.807) is 12.3 Å². The number of H-pyrrole nitrogens is 1. The minimum absolute atomic E-state index is 0.0450. The number of nitrogens with zero attached hydrogens (tertiary/aromatic N) is 1. The van der Waals surface area contributed by atoms with Gasteiger partial charge in [-0.3, -0.25) is 4.79 Å². The molecule has 1 N–H and O–H groups in total. The Balaban J connectivity index is 2.29. The van der Waals surface area contributed by atoms with Crippen molar-refractivity contribution in [1.29, 1.82) is 0 Å². The molecule has 3 aromatic rings. The van der Waals surface area contributed by atoms with Crippen molar-refractivity contribution in [3.05, 3.63) is 46.5 Å². The van der Waals surface area contributed by atoms with Crippen molar-refractivity contribution in [3.8, 4) is 17.0 Å². The molecule has 0 unspecified atom stereocenters. The number of hydrogen-bond donors (Lipinski definition) is 1. The van der Waals surface area contributed by atoms with Crippen LogP contribution in [0.5, 0.6) is 5.75 Å². The van der Waals surface area contributed by atoms with Crippen LogP contribution >= 0.6 is 11.6 Å². The van der Waals surface area contributed by atoms with Crippen LogP contribution in [0.1, 0.15) is 16.1 Å². The predicted molar refractivity (Wildman–Crippen MR) is 83.2 cm³/mol. The van der Waals surface area contributed by atoms with Crippen LogP contribution in [-0.2, 0) is 0 Å². The summed E-state index contributed by atoms with van der Waals surface area (Å²) in [6.07, 6.45) is 2.44. The molecule has 2 heterocycles. The zero-order chi connectivity index (χ0) is 15.9. The van der Waals surface area contributed by atoms with E-state index in [0.29, 0.717) is 12.0 Å². The second-order valence-electron chi connectivity index (χ2n) is 4.85. The van der Waals surface area contributed by atoms with Gasteiger partial charge in [-0.25, -0.2) is 9.37 Å². The lowest BCUT2D eigenvalue weighted by Gasteiger charge is -2.10. The van der Waals surface area contributed by atoms with Crippen LogP contribution in [0.25, 0.3) is 22.2 Å². The molecule has 0 saturated carbocycles. The fourth-order valence-electron chi connectivity index (χ4n) is 2.49. The van der Waals surface area contributed by atoms with Crippen molar-refractivity contribution in [2.45, 2.75) is 6.92 Å². The van der Waals surface area contributed by atoms with Crippen LogP contribution in [0.2, 0.25) is 5.02 Å². The van der Waals surface area contributed by atoms with Gasteiger partial charge < -0.3 is 9.72 Å². The first-order chi connectivity index (χ1) is 10.6. The smallest absolute Gasteiger partial charge is 0.175 e. The zero-order valence-electron chi connectivity index (χ0n) is 11.9. The fraction of sp³-hybridized carbons (Fsp3) is 0.125. The van der Waals surface area contributed by atoms with Gasteiger partial charge in [0.15, 0.2) is 17.9 Å². The van der Waals surface area contributed by atoms with Crippen LogP contribution in [-0.4, -0.2) is 23.4 Å². The number of halogens is 2. The van der Waals surface area contributed by atoms with Crippen LogP contribution in [0.4, 0.5) is 4.39 Å². The van der Waals surface area contributed by atoms with E-state index in [1.807, 2.05) is 6.92 Å². The summed E-state index contributed by atoms with van der Waals surface area (Å²) in [5.41, 5.74) is 2.45. The lowest BCUT2D eigenvalue weighted by atomic mass is 10.1. The molecule has 0 aliphatic heterocycles. The van der Waals surface area contributed by atoms with E-state index in [1.165, 1.54) is 19.2 Å². The third-order valence-corrected chi connectivity index (χ3v) is 3.82. The molecule has 0 bridgehead atoms. The predicted octanol–water partition coefficient (Wildman–Crippen LogP) is 4.15. The third-order valence-electron chi connectivity index (χ3n) is 3.53. The van der Waals surface area contributed by atoms with Crippen LogP contribution < -0.4 is 4.74 Å². The third kappa shape index (κ3) is 2.14. The highest BCUT2D eigenvalue weighted by molar-refractivity contribution is 6.32. The Morgan fingerprint density at radius 1 is 1.41 bits per heavy atom. The molecule has 0 radical (unpaired) electrons. The first kappa shape index (κ1) is 14.5. The summed E-state index contributed by atoms with van der Waals surface area (Å²) in [5.74, 6) is -0.654. The number of aldehydes is 1. The molecular formula is C16H12ClFN2O2. The second kappa shape index (κ2) is 5.42. The molecule has 0 aliphatic carbocycles. The number of ether oxygens (including phenoxy) is 1. The quantitative estimate of drug-likeness (QED) is 0.738. The van der Waals surface area contributed by atoms with Gasteiger partial charge in [-0.05, 0) is 30.7 Å². The Morgan fingerprint density at radius 3 is 2.86 bits per heavy atom. The largest absolute Gasteiger partial charge is 0.492 e. The summed E-state index contributed by atoms with van der Waals surface area (Å²) in [4.78, 5) is 18.6. The monoisotopic (exact) mass is 318 g/mol. The number of methoxy groups -OCH3 is 1. The van der Waals surface area contributed by atoms with Gasteiger partial charge in [0.2, 0.25) is 0 Å². The average molecular weight is 319 g/mol. The average Bonchev–Trinajstić information content (AvgIpc) is 2.88. The molecule has 6 heteroatoms. The SMILES string of the molecule is COc1c(Cl)ccc(-c2cc3[nH]cc(C)c3c(C=O)n2)c1F. The van der Waals surface area contributed by atoms with E-state index in [4.69, 9.17) is 16.3 Å². The summed E-state index contributed by atoms with van der Waals surface area (Å²) in [7, 11) is 1.34. The van der Waals surface area contributed by atoms with Gasteiger partial charge in [-0.15, -0.1) is 0 Å². The Hall–Kier alpha value is -2.40. The minimum atomic E-state index is -0.609. The molecule has 112 valence electrons. The summed E-state index contributed by atoms with van der Waals surface area (Å²) >= 11 is 5.90. The molecule has 0 aliphatic rings. The van der Waals surface area contributed by atoms with Crippen molar-refractivity contribution >= 4 is 28.8 Å². The lowest BCUT2D eigenvalue weighted by molar-refractivity contribution is 0.112. The normalized spacial score (nSPS) is 10.9. The van der Waals surface area contributed by atoms with Crippen LogP contribution in [0.3, 0.4) is 0 Å². The van der Waals surface area contributed by atoms with Crippen molar-refractivity contribution in [1.82, 2.24) is 9.97 Å². The number of aromatic nitrogens is 2. The summed E-state index contributed by atoms with van der Waals surface area (Å²) in [5, 5.41) is 0.913. The Labute approximate surface area is 130 Å². The van der Waals surface area contributed by atoms with Gasteiger partial charge in [-0.2, -0.15) is 0 Å². The zero-order valence-corrected chi connectivity index (χ0v) is 12.7. The Kier molecular flexibility index (Phi) is 3.58. The van der Waals surface area contributed by atoms with E-state index in [0.717, 1.165) is 16.5 Å². The molecule has 3 rings (SSSR count). The highest BCUT2D eigenvalue weighted by atomic mass is 35.5. The standard InChI is InChI=1S/C16H12ClFN2O2/c1-8-6-19-12-5-11(20-13(7-21)14(8)12)9-3-4-10(17)16(22-2)15(9)18/h3-7,19H,1-2H3. The maximum absolute atomic E-state index is 14.5. The summed E-state index contributed by atoms with van der Waals surface area (Å²) < 4.78 is 19.5. The highest BCUT2D eigenvalue weighted by Gasteiger charge is 2.17. The molecule has 4 nitrogen and oxygen atoms in total. The number of fused-ring (bicyclic) bond motifs is 1. The van der Waals surface area contributed by atoms with Gasteiger partial charge >= 0.3 is 0 Å². The van der Waals surface area contributed by atoms with Gasteiger partial charge in [-0.1, -0.05) is 11.6 Å². The molecule has 22 heavy (non-hydrogen) atoms. The number of carbonyl (C=O) groups excluding carboxylic acids is 1. The van der Waals surface area contributed by atoms with Crippen LogP contribution in [0.15, 0.2) is 24.4 Å². The molecule has 0 saturated heterocycles. The van der Waals surface area contributed by atoms with E-state index in [-0.39, 0.29) is 22.0 Å². The molecular weight excluding hydrogens is 307 g/mol. The maximum Gasteiger partial charge on any atom is 0.175 e. The van der Waals surface area contributed by atoms with E-state index >= 15 is 0 Å². The van der Waals surface area contributed by atoms with Crippen molar-refractivity contribution in [2.75, 3.05) is 7.11 Å². The maximum atomic E-state index is 14.5. The number of benzene rings is 1. The van der Waals surface area contributed by atoms with Gasteiger partial charge in [0.1, 0.15) is 5.69 Å². The van der Waals surface area contributed by atoms with Crippen molar-refractivity contribution in [2.24, 2.45) is 0 Å². The number of aryl methyl sites for hydroxylation is 1. The molecule has 1 aromatic carbocycles. The van der Waals surface area contributed by atoms with Crippen LogP contribution in [0, 0.1) is 12.7 Å². The Bertz CT molecular complexity index is 889. The topological polar surface area (TPSA) is 55.0 Å². The van der Waals surface area contributed by atoms with Gasteiger partial charge in [0.25, 0.3) is 0 Å². The number of pyridine rings is 1. The molecule has 0 atom stereocenters. The first-order valence-corrected chi connectivity index (χ1v) is 6.91. The number of aromatic amines is 1. The van der Waals surface area contributed by atoms with Gasteiger partial charge in [0, 0.05) is 17.1 Å². The molecule has 2 aromatic heterocycles.